The van der Waals surface area contributed by atoms with Gasteiger partial charge in [0, 0.05) is 42.0 Å². The average Bonchev–Trinajstić information content (AvgIpc) is 2.93. The highest BCUT2D eigenvalue weighted by Gasteiger charge is 2.26. The molecule has 2 aromatic rings. The van der Waals surface area contributed by atoms with Crippen LogP contribution in [0, 0.1) is 12.8 Å². The van der Waals surface area contributed by atoms with E-state index in [1.807, 2.05) is 25.1 Å². The number of carbonyl (C=O) groups excluding carboxylic acids is 2. The number of piperidine rings is 1. The first-order chi connectivity index (χ1) is 11.1. The van der Waals surface area contributed by atoms with Crippen molar-refractivity contribution in [3.8, 4) is 0 Å². The van der Waals surface area contributed by atoms with Crippen LogP contribution in [0.15, 0.2) is 24.3 Å². The second-order valence-corrected chi connectivity index (χ2v) is 6.13. The molecule has 1 fully saturated rings. The van der Waals surface area contributed by atoms with E-state index in [-0.39, 0.29) is 12.5 Å². The van der Waals surface area contributed by atoms with Crippen LogP contribution in [0.5, 0.6) is 0 Å². The van der Waals surface area contributed by atoms with Crippen LogP contribution in [-0.2, 0) is 9.59 Å². The number of aliphatic hydroxyl groups is 1. The molecule has 0 aliphatic carbocycles. The van der Waals surface area contributed by atoms with Gasteiger partial charge in [0.1, 0.15) is 0 Å². The zero-order valence-corrected chi connectivity index (χ0v) is 13.1. The third-order valence-electron chi connectivity index (χ3n) is 4.37. The summed E-state index contributed by atoms with van der Waals surface area (Å²) >= 11 is 0. The van der Waals surface area contributed by atoms with Crippen molar-refractivity contribution in [3.05, 3.63) is 30.0 Å². The highest BCUT2D eigenvalue weighted by Crippen LogP contribution is 2.20. The lowest BCUT2D eigenvalue weighted by Gasteiger charge is -2.30. The summed E-state index contributed by atoms with van der Waals surface area (Å²) in [6.45, 7) is 3.16. The van der Waals surface area contributed by atoms with Gasteiger partial charge in [0.15, 0.2) is 0 Å². The van der Waals surface area contributed by atoms with Gasteiger partial charge in [0.2, 0.25) is 0 Å². The SMILES string of the molecule is Cc1cc2cc(NC(=O)C(=O)N3CCC(CO)CC3)ccc2[nH]1. The minimum Gasteiger partial charge on any atom is -0.396 e. The fourth-order valence-corrected chi connectivity index (χ4v) is 3.00. The number of H-pyrrole nitrogens is 1. The van der Waals surface area contributed by atoms with E-state index in [0.717, 1.165) is 29.4 Å². The van der Waals surface area contributed by atoms with Crippen LogP contribution in [0.2, 0.25) is 0 Å². The number of nitrogens with one attached hydrogen (secondary N) is 2. The summed E-state index contributed by atoms with van der Waals surface area (Å²) in [6.07, 6.45) is 1.48. The predicted molar refractivity (Wildman–Crippen MR) is 88.1 cm³/mol. The summed E-state index contributed by atoms with van der Waals surface area (Å²) < 4.78 is 0. The van der Waals surface area contributed by atoms with Crippen molar-refractivity contribution < 1.29 is 14.7 Å². The number of nitrogens with zero attached hydrogens (tertiary/aromatic N) is 1. The lowest BCUT2D eigenvalue weighted by atomic mass is 9.98. The molecule has 2 heterocycles. The van der Waals surface area contributed by atoms with E-state index in [0.29, 0.717) is 18.8 Å². The van der Waals surface area contributed by atoms with Crippen molar-refractivity contribution >= 4 is 28.4 Å². The molecule has 6 heteroatoms. The second-order valence-electron chi connectivity index (χ2n) is 6.13. The molecule has 0 radical (unpaired) electrons. The third kappa shape index (κ3) is 3.37. The summed E-state index contributed by atoms with van der Waals surface area (Å²) in [7, 11) is 0. The highest BCUT2D eigenvalue weighted by atomic mass is 16.3. The first kappa shape index (κ1) is 15.6. The summed E-state index contributed by atoms with van der Waals surface area (Å²) in [5.41, 5.74) is 2.66. The van der Waals surface area contributed by atoms with Crippen LogP contribution in [-0.4, -0.2) is 46.5 Å². The van der Waals surface area contributed by atoms with E-state index in [9.17, 15) is 9.59 Å². The Labute approximate surface area is 134 Å². The lowest BCUT2D eigenvalue weighted by molar-refractivity contribution is -0.144. The number of amides is 2. The number of benzene rings is 1. The quantitative estimate of drug-likeness (QED) is 0.737. The molecule has 0 spiro atoms. The molecule has 1 aliphatic rings. The number of aryl methyl sites for hydroxylation is 1. The zero-order chi connectivity index (χ0) is 16.4. The van der Waals surface area contributed by atoms with Crippen molar-refractivity contribution in [2.45, 2.75) is 19.8 Å². The molecule has 1 aromatic carbocycles. The molecule has 0 atom stereocenters. The molecule has 3 rings (SSSR count). The molecule has 0 unspecified atom stereocenters. The van der Waals surface area contributed by atoms with Crippen LogP contribution in [0.25, 0.3) is 10.9 Å². The molecule has 6 nitrogen and oxygen atoms in total. The first-order valence-electron chi connectivity index (χ1n) is 7.87. The number of fused-ring (bicyclic) bond motifs is 1. The van der Waals surface area contributed by atoms with Crippen molar-refractivity contribution in [1.82, 2.24) is 9.88 Å². The normalized spacial score (nSPS) is 15.8. The van der Waals surface area contributed by atoms with Gasteiger partial charge in [-0.1, -0.05) is 0 Å². The Balaban J connectivity index is 1.64. The highest BCUT2D eigenvalue weighted by molar-refractivity contribution is 6.39. The molecule has 1 aliphatic heterocycles. The number of hydrogen-bond acceptors (Lipinski definition) is 3. The molecule has 1 aromatic heterocycles. The first-order valence-corrected chi connectivity index (χ1v) is 7.87. The Morgan fingerprint density at radius 1 is 1.30 bits per heavy atom. The fourth-order valence-electron chi connectivity index (χ4n) is 3.00. The van der Waals surface area contributed by atoms with Crippen molar-refractivity contribution in [2.75, 3.05) is 25.0 Å². The van der Waals surface area contributed by atoms with Gasteiger partial charge in [-0.2, -0.15) is 0 Å². The van der Waals surface area contributed by atoms with Gasteiger partial charge in [0.25, 0.3) is 0 Å². The van der Waals surface area contributed by atoms with Crippen molar-refractivity contribution in [2.24, 2.45) is 5.92 Å². The Bertz CT molecular complexity index is 730. The smallest absolute Gasteiger partial charge is 0.313 e. The Morgan fingerprint density at radius 3 is 2.74 bits per heavy atom. The average molecular weight is 315 g/mol. The Kier molecular flexibility index (Phi) is 4.34. The summed E-state index contributed by atoms with van der Waals surface area (Å²) in [4.78, 5) is 29.1. The molecule has 1 saturated heterocycles. The van der Waals surface area contributed by atoms with Crippen LogP contribution in [0.1, 0.15) is 18.5 Å². The number of anilines is 1. The topological polar surface area (TPSA) is 85.4 Å². The van der Waals surface area contributed by atoms with Gasteiger partial charge in [0.05, 0.1) is 0 Å². The third-order valence-corrected chi connectivity index (χ3v) is 4.37. The van der Waals surface area contributed by atoms with Gasteiger partial charge >= 0.3 is 11.8 Å². The largest absolute Gasteiger partial charge is 0.396 e. The molecule has 2 amide bonds. The number of aromatic nitrogens is 1. The number of aliphatic hydroxyl groups excluding tert-OH is 1. The number of rotatable bonds is 2. The standard InChI is InChI=1S/C17H21N3O3/c1-11-8-13-9-14(2-3-15(13)18-11)19-16(22)17(23)20-6-4-12(10-21)5-7-20/h2-3,8-9,12,18,21H,4-7,10H2,1H3,(H,19,22). The van der Waals surface area contributed by atoms with Gasteiger partial charge in [-0.25, -0.2) is 0 Å². The van der Waals surface area contributed by atoms with E-state index in [1.54, 1.807) is 11.0 Å². The fraction of sp³-hybridized carbons (Fsp3) is 0.412. The minimum absolute atomic E-state index is 0.143. The lowest BCUT2D eigenvalue weighted by Crippen LogP contribution is -2.44. The van der Waals surface area contributed by atoms with Crippen LogP contribution < -0.4 is 5.32 Å². The summed E-state index contributed by atoms with van der Waals surface area (Å²) in [5.74, 6) is -0.882. The van der Waals surface area contributed by atoms with E-state index in [1.165, 1.54) is 0 Å². The van der Waals surface area contributed by atoms with E-state index >= 15 is 0 Å². The van der Waals surface area contributed by atoms with E-state index < -0.39 is 11.8 Å². The molecule has 3 N–H and O–H groups in total. The molecular formula is C17H21N3O3. The molecule has 0 bridgehead atoms. The van der Waals surface area contributed by atoms with Gasteiger partial charge < -0.3 is 20.3 Å². The summed E-state index contributed by atoms with van der Waals surface area (Å²) in [5, 5.41) is 12.8. The molecule has 23 heavy (non-hydrogen) atoms. The number of carbonyl (C=O) groups is 2. The molecule has 122 valence electrons. The van der Waals surface area contributed by atoms with Crippen LogP contribution in [0.4, 0.5) is 5.69 Å². The number of likely N-dealkylation sites (tertiary alicyclic amines) is 1. The Morgan fingerprint density at radius 2 is 2.04 bits per heavy atom. The second kappa shape index (κ2) is 6.42. The van der Waals surface area contributed by atoms with Crippen molar-refractivity contribution in [1.29, 1.82) is 0 Å². The maximum Gasteiger partial charge on any atom is 0.313 e. The molecule has 0 saturated carbocycles. The van der Waals surface area contributed by atoms with Crippen LogP contribution >= 0.6 is 0 Å². The number of aromatic amines is 1. The zero-order valence-electron chi connectivity index (χ0n) is 13.1. The van der Waals surface area contributed by atoms with E-state index in [4.69, 9.17) is 5.11 Å². The predicted octanol–water partition coefficient (Wildman–Crippen LogP) is 1.65. The minimum atomic E-state index is -0.612. The Hall–Kier alpha value is -2.34. The summed E-state index contributed by atoms with van der Waals surface area (Å²) in [6, 6.07) is 7.51. The van der Waals surface area contributed by atoms with Crippen molar-refractivity contribution in [3.63, 3.8) is 0 Å². The van der Waals surface area contributed by atoms with Gasteiger partial charge in [-0.05, 0) is 49.9 Å². The van der Waals surface area contributed by atoms with Gasteiger partial charge in [-0.15, -0.1) is 0 Å². The maximum absolute atomic E-state index is 12.2. The van der Waals surface area contributed by atoms with E-state index in [2.05, 4.69) is 10.3 Å². The maximum atomic E-state index is 12.2. The molecular weight excluding hydrogens is 294 g/mol. The monoisotopic (exact) mass is 315 g/mol. The number of hydrogen-bond donors (Lipinski definition) is 3. The van der Waals surface area contributed by atoms with Gasteiger partial charge in [-0.3, -0.25) is 9.59 Å². The van der Waals surface area contributed by atoms with Crippen LogP contribution in [0.3, 0.4) is 0 Å².